The van der Waals surface area contributed by atoms with E-state index in [2.05, 4.69) is 176 Å². The zero-order valence-corrected chi connectivity index (χ0v) is 25.2. The van der Waals surface area contributed by atoms with Crippen LogP contribution in [0.1, 0.15) is 0 Å². The number of pyridine rings is 1. The second kappa shape index (κ2) is 10.8. The van der Waals surface area contributed by atoms with Crippen LogP contribution in [0.25, 0.3) is 87.9 Å². The molecule has 0 saturated carbocycles. The fraction of sp³-hybridized carbons (Fsp3) is 0. The Kier molecular flexibility index (Phi) is 6.21. The topological polar surface area (TPSA) is 12.9 Å². The van der Waals surface area contributed by atoms with Gasteiger partial charge in [0.05, 0.1) is 11.2 Å². The Labute approximate surface area is 268 Å². The third-order valence-corrected chi connectivity index (χ3v) is 9.25. The van der Waals surface area contributed by atoms with Crippen LogP contribution in [0.2, 0.25) is 0 Å². The molecule has 0 unspecified atom stereocenters. The van der Waals surface area contributed by atoms with E-state index in [1.807, 2.05) is 0 Å². The van der Waals surface area contributed by atoms with Gasteiger partial charge in [0.1, 0.15) is 0 Å². The minimum absolute atomic E-state index is 1.02. The second-order valence-corrected chi connectivity index (χ2v) is 11.9. The maximum absolute atomic E-state index is 5.13. The van der Waals surface area contributed by atoms with E-state index in [0.29, 0.717) is 0 Å². The number of aromatic nitrogens is 1. The summed E-state index contributed by atoms with van der Waals surface area (Å²) in [5.41, 5.74) is 10.5. The zero-order chi connectivity index (χ0) is 30.5. The number of fused-ring (bicyclic) bond motifs is 5. The first-order valence-corrected chi connectivity index (χ1v) is 15.8. The number of hydrogen-bond acceptors (Lipinski definition) is 1. The molecule has 1 heteroatoms. The SMILES string of the molecule is c1ccc(-c2c3ccccc3c(-c3ccccc3)c3cc(-c4ccc(-c5nc6ccccc6c6ccccc56)cc4)ccc23)cc1. The highest BCUT2D eigenvalue weighted by atomic mass is 14.7. The van der Waals surface area contributed by atoms with E-state index >= 15 is 0 Å². The van der Waals surface area contributed by atoms with Gasteiger partial charge in [-0.2, -0.15) is 0 Å². The molecular weight excluding hydrogens is 555 g/mol. The van der Waals surface area contributed by atoms with Crippen LogP contribution in [-0.4, -0.2) is 4.98 Å². The molecule has 0 aliphatic heterocycles. The van der Waals surface area contributed by atoms with E-state index < -0.39 is 0 Å². The molecule has 46 heavy (non-hydrogen) atoms. The van der Waals surface area contributed by atoms with Crippen molar-refractivity contribution in [1.29, 1.82) is 0 Å². The van der Waals surface area contributed by atoms with Crippen molar-refractivity contribution in [2.24, 2.45) is 0 Å². The summed E-state index contributed by atoms with van der Waals surface area (Å²) < 4.78 is 0. The Morgan fingerprint density at radius 1 is 0.261 bits per heavy atom. The first kappa shape index (κ1) is 26.4. The van der Waals surface area contributed by atoms with E-state index in [1.54, 1.807) is 0 Å². The van der Waals surface area contributed by atoms with Crippen molar-refractivity contribution in [2.45, 2.75) is 0 Å². The Morgan fingerprint density at radius 2 is 0.717 bits per heavy atom. The normalized spacial score (nSPS) is 11.5. The molecule has 1 aromatic heterocycles. The third-order valence-electron chi connectivity index (χ3n) is 9.25. The van der Waals surface area contributed by atoms with Crippen molar-refractivity contribution < 1.29 is 0 Å². The van der Waals surface area contributed by atoms with Gasteiger partial charge in [-0.1, -0.05) is 164 Å². The van der Waals surface area contributed by atoms with E-state index in [0.717, 1.165) is 16.8 Å². The summed E-state index contributed by atoms with van der Waals surface area (Å²) in [6.07, 6.45) is 0. The lowest BCUT2D eigenvalue weighted by molar-refractivity contribution is 1.43. The van der Waals surface area contributed by atoms with Gasteiger partial charge in [-0.05, 0) is 72.4 Å². The second-order valence-electron chi connectivity index (χ2n) is 11.9. The summed E-state index contributed by atoms with van der Waals surface area (Å²) in [7, 11) is 0. The molecule has 0 bridgehead atoms. The third kappa shape index (κ3) is 4.29. The molecule has 0 atom stereocenters. The number of hydrogen-bond donors (Lipinski definition) is 0. The average Bonchev–Trinajstić information content (AvgIpc) is 3.14. The Balaban J connectivity index is 1.25. The van der Waals surface area contributed by atoms with Crippen LogP contribution in [0.4, 0.5) is 0 Å². The molecule has 0 saturated heterocycles. The number of benzene rings is 8. The lowest BCUT2D eigenvalue weighted by Gasteiger charge is -2.18. The van der Waals surface area contributed by atoms with Crippen LogP contribution in [0, 0.1) is 0 Å². The molecule has 0 fully saturated rings. The van der Waals surface area contributed by atoms with Crippen LogP contribution >= 0.6 is 0 Å². The molecule has 1 heterocycles. The molecule has 0 N–H and O–H groups in total. The minimum Gasteiger partial charge on any atom is -0.247 e. The standard InChI is InChI=1S/C45H29N/c1-3-13-31(14-4-1)43-37-19-8-9-20-38(37)44(32-15-5-2-6-16-32)41-29-34(27-28-39(41)43)30-23-25-33(26-24-30)45-40-21-10-7-17-35(40)36-18-11-12-22-42(36)46-45/h1-29H. The van der Waals surface area contributed by atoms with Crippen molar-refractivity contribution in [3.63, 3.8) is 0 Å². The lowest BCUT2D eigenvalue weighted by atomic mass is 9.85. The van der Waals surface area contributed by atoms with Gasteiger partial charge in [-0.25, -0.2) is 4.98 Å². The van der Waals surface area contributed by atoms with Gasteiger partial charge in [-0.15, -0.1) is 0 Å². The van der Waals surface area contributed by atoms with E-state index in [4.69, 9.17) is 4.98 Å². The maximum Gasteiger partial charge on any atom is 0.0788 e. The predicted octanol–water partition coefficient (Wildman–Crippen LogP) is 12.4. The van der Waals surface area contributed by atoms with Crippen LogP contribution in [-0.2, 0) is 0 Å². The fourth-order valence-corrected chi connectivity index (χ4v) is 7.13. The molecule has 0 spiro atoms. The summed E-state index contributed by atoms with van der Waals surface area (Å²) in [5, 5.41) is 8.65. The average molecular weight is 584 g/mol. The first-order valence-electron chi connectivity index (χ1n) is 15.8. The fourth-order valence-electron chi connectivity index (χ4n) is 7.13. The minimum atomic E-state index is 1.02. The van der Waals surface area contributed by atoms with E-state index in [-0.39, 0.29) is 0 Å². The van der Waals surface area contributed by atoms with Gasteiger partial charge in [-0.3, -0.25) is 0 Å². The molecule has 214 valence electrons. The van der Waals surface area contributed by atoms with Crippen molar-refractivity contribution in [1.82, 2.24) is 4.98 Å². The van der Waals surface area contributed by atoms with Crippen LogP contribution < -0.4 is 0 Å². The highest BCUT2D eigenvalue weighted by Gasteiger charge is 2.17. The van der Waals surface area contributed by atoms with Crippen LogP contribution in [0.5, 0.6) is 0 Å². The quantitative estimate of drug-likeness (QED) is 0.148. The van der Waals surface area contributed by atoms with Crippen molar-refractivity contribution in [3.05, 3.63) is 176 Å². The Bertz CT molecular complexity index is 2550. The molecule has 0 radical (unpaired) electrons. The van der Waals surface area contributed by atoms with Crippen LogP contribution in [0.15, 0.2) is 176 Å². The Hall–Kier alpha value is -6.05. The molecule has 0 aliphatic rings. The first-order chi connectivity index (χ1) is 22.8. The summed E-state index contributed by atoms with van der Waals surface area (Å²) in [6, 6.07) is 63.3. The monoisotopic (exact) mass is 583 g/mol. The van der Waals surface area contributed by atoms with E-state index in [9.17, 15) is 0 Å². The maximum atomic E-state index is 5.13. The summed E-state index contributed by atoms with van der Waals surface area (Å²) >= 11 is 0. The highest BCUT2D eigenvalue weighted by molar-refractivity contribution is 6.22. The predicted molar refractivity (Wildman–Crippen MR) is 196 cm³/mol. The Morgan fingerprint density at radius 3 is 1.37 bits per heavy atom. The van der Waals surface area contributed by atoms with Crippen molar-refractivity contribution >= 4 is 43.2 Å². The highest BCUT2D eigenvalue weighted by Crippen LogP contribution is 2.45. The molecular formula is C45H29N. The number of rotatable bonds is 4. The van der Waals surface area contributed by atoms with E-state index in [1.165, 1.54) is 71.1 Å². The van der Waals surface area contributed by atoms with Gasteiger partial charge < -0.3 is 0 Å². The summed E-state index contributed by atoms with van der Waals surface area (Å²) in [6.45, 7) is 0. The lowest BCUT2D eigenvalue weighted by Crippen LogP contribution is -1.92. The molecule has 9 rings (SSSR count). The van der Waals surface area contributed by atoms with Gasteiger partial charge >= 0.3 is 0 Å². The number of para-hydroxylation sites is 1. The molecule has 1 nitrogen and oxygen atoms in total. The molecule has 8 aromatic carbocycles. The van der Waals surface area contributed by atoms with Crippen molar-refractivity contribution in [2.75, 3.05) is 0 Å². The smallest absolute Gasteiger partial charge is 0.0788 e. The largest absolute Gasteiger partial charge is 0.247 e. The zero-order valence-electron chi connectivity index (χ0n) is 25.2. The van der Waals surface area contributed by atoms with Gasteiger partial charge in [0.2, 0.25) is 0 Å². The van der Waals surface area contributed by atoms with Gasteiger partial charge in [0.15, 0.2) is 0 Å². The summed E-state index contributed by atoms with van der Waals surface area (Å²) in [5.74, 6) is 0. The van der Waals surface area contributed by atoms with Crippen molar-refractivity contribution in [3.8, 4) is 44.6 Å². The number of nitrogens with zero attached hydrogens (tertiary/aromatic N) is 1. The molecule has 0 aliphatic carbocycles. The van der Waals surface area contributed by atoms with Crippen LogP contribution in [0.3, 0.4) is 0 Å². The van der Waals surface area contributed by atoms with Gasteiger partial charge in [0, 0.05) is 16.3 Å². The van der Waals surface area contributed by atoms with Gasteiger partial charge in [0.25, 0.3) is 0 Å². The molecule has 0 amide bonds. The summed E-state index contributed by atoms with van der Waals surface area (Å²) in [4.78, 5) is 5.13. The molecule has 9 aromatic rings.